The molecule has 0 aliphatic rings. The molecule has 4 aromatic heterocycles. The number of hydrogen-bond donors (Lipinski definition) is 2. The van der Waals surface area contributed by atoms with Gasteiger partial charge in [0.15, 0.2) is 0 Å². The Bertz CT molecular complexity index is 1350. The van der Waals surface area contributed by atoms with Crippen LogP contribution in [0.25, 0.3) is 16.7 Å². The number of nitrogens with two attached hydrogens (primary N) is 1. The van der Waals surface area contributed by atoms with Gasteiger partial charge in [0.1, 0.15) is 10.9 Å². The van der Waals surface area contributed by atoms with Crippen molar-refractivity contribution in [2.24, 2.45) is 0 Å². The van der Waals surface area contributed by atoms with E-state index in [0.29, 0.717) is 23.2 Å². The van der Waals surface area contributed by atoms with E-state index in [9.17, 15) is 9.59 Å². The molecule has 8 heteroatoms. The number of rotatable bonds is 5. The van der Waals surface area contributed by atoms with Crippen molar-refractivity contribution in [3.8, 4) is 0 Å². The van der Waals surface area contributed by atoms with Gasteiger partial charge < -0.3 is 11.1 Å². The van der Waals surface area contributed by atoms with Gasteiger partial charge >= 0.3 is 0 Å². The maximum absolute atomic E-state index is 13.3. The first-order valence-electron chi connectivity index (χ1n) is 10.2. The quantitative estimate of drug-likeness (QED) is 0.383. The Balaban J connectivity index is 1.90. The molecule has 3 N–H and O–H groups in total. The Morgan fingerprint density at radius 3 is 2.84 bits per heavy atom. The fourth-order valence-electron chi connectivity index (χ4n) is 3.61. The van der Waals surface area contributed by atoms with Gasteiger partial charge in [-0.3, -0.25) is 19.0 Å². The largest absolute Gasteiger partial charge is 0.348 e. The maximum Gasteiger partial charge on any atom is 0.278 e. The highest BCUT2D eigenvalue weighted by Gasteiger charge is 2.26. The number of carbonyl (C=O) groups excluding carboxylic acids is 1. The number of hydrogen-bond acceptors (Lipinski definition) is 5. The second-order valence-electron chi connectivity index (χ2n) is 7.70. The van der Waals surface area contributed by atoms with Gasteiger partial charge in [0.05, 0.1) is 6.04 Å². The van der Waals surface area contributed by atoms with Crippen molar-refractivity contribution in [3.63, 3.8) is 0 Å². The molecule has 0 aliphatic carbocycles. The van der Waals surface area contributed by atoms with Crippen LogP contribution in [-0.4, -0.2) is 20.3 Å². The predicted molar refractivity (Wildman–Crippen MR) is 119 cm³/mol. The molecule has 8 nitrogen and oxygen atoms in total. The van der Waals surface area contributed by atoms with E-state index in [1.165, 1.54) is 4.40 Å². The van der Waals surface area contributed by atoms with Gasteiger partial charge in [-0.2, -0.15) is 0 Å². The van der Waals surface area contributed by atoms with Crippen molar-refractivity contribution in [1.82, 2.24) is 19.7 Å². The summed E-state index contributed by atoms with van der Waals surface area (Å²) in [4.78, 5) is 35.1. The number of carbonyl (C=O) groups is 1. The number of nitrogens with one attached hydrogen (secondary N) is 1. The minimum atomic E-state index is -0.353. The molecular formula is C23H25N6O2+. The van der Waals surface area contributed by atoms with Crippen LogP contribution >= 0.6 is 0 Å². The normalized spacial score (nSPS) is 12.2. The third-order valence-corrected chi connectivity index (χ3v) is 5.49. The zero-order valence-electron chi connectivity index (χ0n) is 17.8. The van der Waals surface area contributed by atoms with Crippen molar-refractivity contribution in [2.75, 3.05) is 5.73 Å². The molecular weight excluding hydrogens is 392 g/mol. The summed E-state index contributed by atoms with van der Waals surface area (Å²) in [5, 5.41) is 3.22. The Morgan fingerprint density at radius 2 is 2.13 bits per heavy atom. The molecule has 0 bridgehead atoms. The highest BCUT2D eigenvalue weighted by molar-refractivity contribution is 6.00. The summed E-state index contributed by atoms with van der Waals surface area (Å²) >= 11 is 0. The second-order valence-corrected chi connectivity index (χ2v) is 7.70. The Kier molecular flexibility index (Phi) is 5.37. The maximum atomic E-state index is 13.3. The molecule has 4 heterocycles. The number of pyridine rings is 3. The number of nitrogen functional groups attached to an aromatic ring is 1. The van der Waals surface area contributed by atoms with Gasteiger partial charge in [-0.1, -0.05) is 24.0 Å². The minimum absolute atomic E-state index is 0.0478. The molecule has 1 amide bonds. The second kappa shape index (κ2) is 8.14. The van der Waals surface area contributed by atoms with Gasteiger partial charge in [0.25, 0.3) is 17.1 Å². The number of nitrogens with zero attached hydrogens (tertiary/aromatic N) is 4. The average molecular weight is 417 g/mol. The molecule has 158 valence electrons. The van der Waals surface area contributed by atoms with Gasteiger partial charge in [-0.25, -0.2) is 4.57 Å². The van der Waals surface area contributed by atoms with E-state index in [2.05, 4.69) is 10.3 Å². The van der Waals surface area contributed by atoms with Crippen LogP contribution < -0.4 is 21.2 Å². The first-order chi connectivity index (χ1) is 14.9. The lowest BCUT2D eigenvalue weighted by Gasteiger charge is -2.16. The first kappa shape index (κ1) is 20.5. The van der Waals surface area contributed by atoms with E-state index in [1.54, 1.807) is 29.2 Å². The number of aryl methyl sites for hydroxylation is 1. The third-order valence-electron chi connectivity index (χ3n) is 5.49. The number of anilines is 1. The summed E-state index contributed by atoms with van der Waals surface area (Å²) in [5.41, 5.74) is 9.29. The van der Waals surface area contributed by atoms with E-state index in [1.807, 2.05) is 45.0 Å². The number of amides is 1. The summed E-state index contributed by atoms with van der Waals surface area (Å²) in [6, 6.07) is 8.90. The molecule has 0 unspecified atom stereocenters. The van der Waals surface area contributed by atoms with Crippen LogP contribution in [0.4, 0.5) is 5.82 Å². The topological polar surface area (TPSA) is 106 Å². The van der Waals surface area contributed by atoms with Crippen LogP contribution in [-0.2, 0) is 6.54 Å². The molecule has 0 fully saturated rings. The third kappa shape index (κ3) is 3.72. The molecule has 0 radical (unpaired) electrons. The number of fused-ring (bicyclic) bond motifs is 2. The zero-order valence-corrected chi connectivity index (χ0v) is 17.8. The summed E-state index contributed by atoms with van der Waals surface area (Å²) in [6.45, 7) is 6.23. The lowest BCUT2D eigenvalue weighted by molar-refractivity contribution is -0.683. The van der Waals surface area contributed by atoms with Gasteiger partial charge in [0, 0.05) is 25.1 Å². The summed E-state index contributed by atoms with van der Waals surface area (Å²) in [5.74, 6) is -0.0667. The zero-order chi connectivity index (χ0) is 22.1. The molecule has 0 spiro atoms. The summed E-state index contributed by atoms with van der Waals surface area (Å²) in [6.07, 6.45) is 5.87. The lowest BCUT2D eigenvalue weighted by atomic mass is 10.1. The summed E-state index contributed by atoms with van der Waals surface area (Å²) < 4.78 is 3.29. The number of aromatic nitrogens is 4. The van der Waals surface area contributed by atoms with Gasteiger partial charge in [0.2, 0.25) is 11.5 Å². The van der Waals surface area contributed by atoms with Crippen molar-refractivity contribution in [3.05, 3.63) is 76.0 Å². The van der Waals surface area contributed by atoms with E-state index >= 15 is 0 Å². The van der Waals surface area contributed by atoms with E-state index in [0.717, 1.165) is 17.5 Å². The van der Waals surface area contributed by atoms with E-state index < -0.39 is 0 Å². The molecule has 1 atom stereocenters. The predicted octanol–water partition coefficient (Wildman–Crippen LogP) is 2.32. The Labute approximate surface area is 179 Å². The van der Waals surface area contributed by atoms with Crippen LogP contribution in [0.1, 0.15) is 47.8 Å². The van der Waals surface area contributed by atoms with Gasteiger partial charge in [-0.05, 0) is 49.6 Å². The highest BCUT2D eigenvalue weighted by atomic mass is 16.1. The van der Waals surface area contributed by atoms with Gasteiger partial charge in [-0.15, -0.1) is 0 Å². The monoisotopic (exact) mass is 417 g/mol. The molecule has 0 aliphatic heterocycles. The average Bonchev–Trinajstić information content (AvgIpc) is 2.78. The smallest absolute Gasteiger partial charge is 0.278 e. The summed E-state index contributed by atoms with van der Waals surface area (Å²) in [7, 11) is 0. The molecule has 4 rings (SSSR count). The van der Waals surface area contributed by atoms with Crippen molar-refractivity contribution in [2.45, 2.75) is 39.8 Å². The standard InChI is InChI=1S/C23H24N6O2/c1-4-15(3)29-20(24)17(22(30)26-12-16-6-5-9-25-11-16)10-18-21(29)27-19-8-7-14(2)13-28(19)23(18)31/h5-11,13,15,24H,4,12H2,1-3H3,(H,26,30)/p+1/t15-/m1/s1. The van der Waals surface area contributed by atoms with Crippen LogP contribution in [0.5, 0.6) is 0 Å². The molecule has 0 aromatic carbocycles. The molecule has 4 aromatic rings. The van der Waals surface area contributed by atoms with Crippen molar-refractivity contribution >= 4 is 28.4 Å². The molecule has 0 saturated carbocycles. The SMILES string of the molecule is CC[C@@H](C)[n+]1c(N)c(C(=O)NCc2cccnc2)cc2c(=O)n3cc(C)ccc3nc21. The first-order valence-corrected chi connectivity index (χ1v) is 10.2. The Hall–Kier alpha value is -3.81. The fourth-order valence-corrected chi connectivity index (χ4v) is 3.61. The van der Waals surface area contributed by atoms with Crippen LogP contribution in [0.15, 0.2) is 53.7 Å². The highest BCUT2D eigenvalue weighted by Crippen LogP contribution is 2.18. The van der Waals surface area contributed by atoms with Crippen molar-refractivity contribution in [1.29, 1.82) is 0 Å². The van der Waals surface area contributed by atoms with Crippen LogP contribution in [0.3, 0.4) is 0 Å². The van der Waals surface area contributed by atoms with E-state index in [4.69, 9.17) is 10.7 Å². The lowest BCUT2D eigenvalue weighted by Crippen LogP contribution is -2.45. The minimum Gasteiger partial charge on any atom is -0.348 e. The van der Waals surface area contributed by atoms with Crippen molar-refractivity contribution < 1.29 is 9.36 Å². The molecule has 0 saturated heterocycles. The Morgan fingerprint density at radius 1 is 1.32 bits per heavy atom. The molecule has 31 heavy (non-hydrogen) atoms. The fraction of sp³-hybridized carbons (Fsp3) is 0.261. The van der Waals surface area contributed by atoms with Crippen LogP contribution in [0.2, 0.25) is 0 Å². The van der Waals surface area contributed by atoms with Crippen LogP contribution in [0, 0.1) is 6.92 Å². The van der Waals surface area contributed by atoms with E-state index in [-0.39, 0.29) is 28.9 Å².